The van der Waals surface area contributed by atoms with Gasteiger partial charge in [0.05, 0.1) is 60.7 Å². The second kappa shape index (κ2) is 41.0. The average Bonchev–Trinajstić information content (AvgIpc) is 1.65. The quantitative estimate of drug-likeness (QED) is 0.0173. The molecule has 8 aromatic carbocycles. The molecule has 122 heavy (non-hydrogen) atoms. The van der Waals surface area contributed by atoms with Crippen molar-refractivity contribution in [2.75, 3.05) is 56.7 Å². The van der Waals surface area contributed by atoms with Crippen molar-refractivity contribution in [3.05, 3.63) is 264 Å². The molecule has 5 aromatic heterocycles. The Morgan fingerprint density at radius 2 is 0.770 bits per heavy atom. The van der Waals surface area contributed by atoms with Gasteiger partial charge in [0.25, 0.3) is 29.5 Å². The average molecular weight is 1800 g/mol. The van der Waals surface area contributed by atoms with Gasteiger partial charge in [0.1, 0.15) is 45.9 Å². The first-order valence-electron chi connectivity index (χ1n) is 39.5. The molecule has 26 nitrogen and oxygen atoms in total. The molecule has 1 aliphatic carbocycles. The zero-order valence-electron chi connectivity index (χ0n) is 67.1. The summed E-state index contributed by atoms with van der Waals surface area (Å²) in [5, 5.41) is 16.4. The van der Waals surface area contributed by atoms with E-state index in [1.165, 1.54) is 24.7 Å². The molecular weight excluding hydrogens is 1710 g/mol. The van der Waals surface area contributed by atoms with Crippen LogP contribution < -0.4 is 44.3 Å². The summed E-state index contributed by atoms with van der Waals surface area (Å²) in [6, 6.07) is 50.1. The number of hydrogen-bond donors (Lipinski definition) is 9. The molecule has 0 bridgehead atoms. The highest BCUT2D eigenvalue weighted by molar-refractivity contribution is 7.90. The fourth-order valence-corrected chi connectivity index (χ4v) is 17.8. The predicted octanol–water partition coefficient (Wildman–Crippen LogP) is 16.6. The van der Waals surface area contributed by atoms with Crippen LogP contribution in [-0.4, -0.2) is 132 Å². The monoisotopic (exact) mass is 1790 g/mol. The molecule has 0 aliphatic heterocycles. The van der Waals surface area contributed by atoms with Crippen molar-refractivity contribution < 1.29 is 77.1 Å². The fraction of sp³-hybridized carbons (Fsp3) is 0.281. The van der Waals surface area contributed by atoms with Gasteiger partial charge >= 0.3 is 0 Å². The molecule has 1 fully saturated rings. The van der Waals surface area contributed by atoms with E-state index in [9.17, 15) is 54.0 Å². The van der Waals surface area contributed by atoms with Crippen LogP contribution in [0.4, 0.5) is 0 Å². The molecule has 0 saturated heterocycles. The van der Waals surface area contributed by atoms with E-state index < -0.39 is 76.9 Å². The third kappa shape index (κ3) is 23.7. The van der Waals surface area contributed by atoms with Gasteiger partial charge in [-0.15, -0.1) is 0 Å². The van der Waals surface area contributed by atoms with Gasteiger partial charge in [-0.3, -0.25) is 28.8 Å². The zero-order valence-corrected chi connectivity index (χ0v) is 72.6. The number of benzene rings is 8. The zero-order chi connectivity index (χ0) is 86.8. The second-order valence-corrected chi connectivity index (χ2v) is 36.6. The number of sulfonamides is 3. The molecule has 1 aliphatic rings. The summed E-state index contributed by atoms with van der Waals surface area (Å²) in [6.07, 6.45) is 10.7. The lowest BCUT2D eigenvalue weighted by molar-refractivity contribution is -0.125. The third-order valence-corrected chi connectivity index (χ3v) is 25.6. The molecule has 14 rings (SSSR count). The van der Waals surface area contributed by atoms with Crippen LogP contribution in [0.1, 0.15) is 143 Å². The van der Waals surface area contributed by atoms with Gasteiger partial charge < -0.3 is 53.9 Å². The van der Waals surface area contributed by atoms with Crippen molar-refractivity contribution in [1.29, 1.82) is 0 Å². The van der Waals surface area contributed by atoms with Crippen LogP contribution in [0, 0.1) is 33.6 Å². The highest BCUT2D eigenvalue weighted by Crippen LogP contribution is 2.34. The fourth-order valence-electron chi connectivity index (χ4n) is 14.6. The standard InChI is InChI=1S/C31H34ClN3O5S.C30H28ClN3O6S.C28H29Cl2N3O6S/c32-23-15-16-25-26(13-7-18-40-28-14-6-11-21-8-4-5-12-24(21)28)29(34-27(25)20-23)31(37)35-41(38,39)19-17-33-30(36)22-9-2-1-3-10-22;1-19-22(13-16-39-19)29(35)32-14-17-41(37,38)34-30(36)28-25(24-12-11-21(31)18-26(24)33-28)9-5-15-40-27-10-4-7-20-6-2-3-8-23(20)27;1-16-13-20(14-17(2)25(16)30)39-10-4-5-23-22-7-6-19(29)15-24(22)32-26(23)28(35)33-40(36,37)12-9-31-27(34)21-8-11-38-18(21)3/h4-6,8,11-12,14-16,20,22,34H,1-3,7,9-10,13,17-19H2,(H,33,36)(H,35,37);2-4,6-8,10-13,16,18,33H,5,9,14-15,17H2,1H3,(H,32,35)(H,34,36);6-8,11,13-15,32H,4-5,9-10,12H2,1-3H3,(H,31,34)(H,33,35). The highest BCUT2D eigenvalue weighted by atomic mass is 35.5. The van der Waals surface area contributed by atoms with Crippen molar-refractivity contribution in [2.24, 2.45) is 5.92 Å². The minimum atomic E-state index is -4.06. The van der Waals surface area contributed by atoms with Gasteiger partial charge in [-0.05, 0) is 190 Å². The molecule has 9 N–H and O–H groups in total. The van der Waals surface area contributed by atoms with Crippen molar-refractivity contribution in [1.82, 2.24) is 45.1 Å². The predicted molar refractivity (Wildman–Crippen MR) is 475 cm³/mol. The van der Waals surface area contributed by atoms with Crippen LogP contribution >= 0.6 is 46.4 Å². The number of hydrogen-bond acceptors (Lipinski definition) is 17. The minimum absolute atomic E-state index is 0.0569. The van der Waals surface area contributed by atoms with Gasteiger partial charge in [-0.1, -0.05) is 157 Å². The lowest BCUT2D eigenvalue weighted by Gasteiger charge is -2.20. The number of carbonyl (C=O) groups is 6. The van der Waals surface area contributed by atoms with Crippen molar-refractivity contribution >= 4 is 166 Å². The van der Waals surface area contributed by atoms with E-state index >= 15 is 0 Å². The lowest BCUT2D eigenvalue weighted by atomic mass is 9.89. The van der Waals surface area contributed by atoms with E-state index in [-0.39, 0.29) is 48.5 Å². The molecule has 0 spiro atoms. The van der Waals surface area contributed by atoms with Crippen LogP contribution in [0.25, 0.3) is 54.3 Å². The van der Waals surface area contributed by atoms with Crippen LogP contribution in [0.3, 0.4) is 0 Å². The van der Waals surface area contributed by atoms with Crippen LogP contribution in [-0.2, 0) is 54.1 Å². The first kappa shape index (κ1) is 89.9. The number of H-pyrrole nitrogens is 3. The Kier molecular flexibility index (Phi) is 30.3. The normalized spacial score (nSPS) is 12.5. The van der Waals surface area contributed by atoms with Gasteiger partial charge in [0.15, 0.2) is 0 Å². The number of ether oxygens (including phenoxy) is 3. The number of amides is 6. The summed E-state index contributed by atoms with van der Waals surface area (Å²) in [5.41, 5.74) is 6.76. The number of fused-ring (bicyclic) bond motifs is 5. The maximum absolute atomic E-state index is 13.2. The SMILES string of the molecule is Cc1cc(OCCCc2c(C(=O)NS(=O)(=O)CCNC(=O)c3ccoc3C)[nH]c3cc(Cl)ccc23)cc(C)c1Cl.Cc1occc1C(=O)NCCS(=O)(=O)NC(=O)c1[nH]c2cc(Cl)ccc2c1CCCOc1cccc2ccccc12.O=C(NS(=O)(=O)CCNC(=O)C1CCCCC1)c1[nH]c2cc(Cl)ccc2c1CCCOc1cccc2ccccc12. The maximum Gasteiger partial charge on any atom is 0.281 e. The van der Waals surface area contributed by atoms with Gasteiger partial charge in [-0.25, -0.2) is 39.4 Å². The molecule has 0 radical (unpaired) electrons. The molecule has 13 aromatic rings. The Hall–Kier alpha value is -11.3. The van der Waals surface area contributed by atoms with E-state index in [4.69, 9.17) is 69.4 Å². The van der Waals surface area contributed by atoms with Crippen LogP contribution in [0.2, 0.25) is 20.1 Å². The summed E-state index contributed by atoms with van der Waals surface area (Å²) in [5.74, 6) is -1.72. The summed E-state index contributed by atoms with van der Waals surface area (Å²) >= 11 is 24.7. The Morgan fingerprint density at radius 1 is 0.410 bits per heavy atom. The van der Waals surface area contributed by atoms with Crippen molar-refractivity contribution in [3.63, 3.8) is 0 Å². The number of carbonyl (C=O) groups excluding carboxylic acids is 6. The van der Waals surface area contributed by atoms with Crippen molar-refractivity contribution in [3.8, 4) is 17.2 Å². The number of aryl methyl sites for hydroxylation is 7. The molecule has 0 unspecified atom stereocenters. The van der Waals surface area contributed by atoms with Gasteiger partial charge in [0, 0.05) is 89.1 Å². The minimum Gasteiger partial charge on any atom is -0.494 e. The molecule has 6 amide bonds. The van der Waals surface area contributed by atoms with E-state index in [0.29, 0.717) is 140 Å². The Balaban J connectivity index is 0.000000167. The Morgan fingerprint density at radius 3 is 1.15 bits per heavy atom. The van der Waals surface area contributed by atoms with E-state index in [1.807, 2.05) is 117 Å². The summed E-state index contributed by atoms with van der Waals surface area (Å²) in [4.78, 5) is 85.4. The summed E-state index contributed by atoms with van der Waals surface area (Å²) in [7, 11) is -12.1. The van der Waals surface area contributed by atoms with Gasteiger partial charge in [-0.2, -0.15) is 0 Å². The second-order valence-electron chi connectivity index (χ2n) is 29.4. The number of halogens is 4. The van der Waals surface area contributed by atoms with Crippen LogP contribution in [0.5, 0.6) is 17.2 Å². The molecule has 0 atom stereocenters. The lowest BCUT2D eigenvalue weighted by Crippen LogP contribution is -2.39. The number of aromatic amines is 3. The number of rotatable bonds is 33. The number of aromatic nitrogens is 3. The van der Waals surface area contributed by atoms with E-state index in [0.717, 1.165) is 92.4 Å². The smallest absolute Gasteiger partial charge is 0.281 e. The third-order valence-electron chi connectivity index (χ3n) is 20.6. The van der Waals surface area contributed by atoms with E-state index in [2.05, 4.69) is 45.1 Å². The number of nitrogens with one attached hydrogen (secondary N) is 9. The topological polar surface area (TPSA) is 378 Å². The molecule has 1 saturated carbocycles. The Bertz CT molecular complexity index is 6360. The molecule has 5 heterocycles. The van der Waals surface area contributed by atoms with E-state index in [1.54, 1.807) is 62.4 Å². The maximum atomic E-state index is 13.2. The summed E-state index contributed by atoms with van der Waals surface area (Å²) < 4.78 is 111. The molecule has 640 valence electrons. The first-order valence-corrected chi connectivity index (χ1v) is 46.0. The highest BCUT2D eigenvalue weighted by Gasteiger charge is 2.29. The molecule has 33 heteroatoms. The largest absolute Gasteiger partial charge is 0.494 e. The first-order chi connectivity index (χ1) is 58.5. The van der Waals surface area contributed by atoms with Crippen molar-refractivity contribution in [2.45, 2.75) is 98.3 Å². The number of furan rings is 2. The Labute approximate surface area is 725 Å². The van der Waals surface area contributed by atoms with Crippen LogP contribution in [0.15, 0.2) is 185 Å². The molecular formula is C89H91Cl4N9O17S3. The van der Waals surface area contributed by atoms with Gasteiger partial charge in [0.2, 0.25) is 36.0 Å². The summed E-state index contributed by atoms with van der Waals surface area (Å²) in [6.45, 7) is 7.82.